The molecule has 0 radical (unpaired) electrons. The lowest BCUT2D eigenvalue weighted by Crippen LogP contribution is -2.12. The number of carboxylic acids is 1. The predicted molar refractivity (Wildman–Crippen MR) is 62.2 cm³/mol. The van der Waals surface area contributed by atoms with E-state index in [0.717, 1.165) is 0 Å². The first-order valence-corrected chi connectivity index (χ1v) is 5.21. The lowest BCUT2D eigenvalue weighted by Gasteiger charge is -2.13. The van der Waals surface area contributed by atoms with Crippen LogP contribution >= 0.6 is 0 Å². The molecule has 1 aromatic carbocycles. The normalized spacial score (nSPS) is 12.1. The third kappa shape index (κ3) is 2.21. The summed E-state index contributed by atoms with van der Waals surface area (Å²) in [5.74, 6) is -2.00. The number of carbonyl (C=O) groups is 1. The summed E-state index contributed by atoms with van der Waals surface area (Å²) in [6.07, 6.45) is 1.18. The number of aromatic nitrogens is 1. The second-order valence-corrected chi connectivity index (χ2v) is 3.68. The molecule has 0 spiro atoms. The van der Waals surface area contributed by atoms with E-state index in [9.17, 15) is 14.3 Å². The van der Waals surface area contributed by atoms with E-state index in [2.05, 4.69) is 4.98 Å². The lowest BCUT2D eigenvalue weighted by atomic mass is 9.96. The zero-order chi connectivity index (χ0) is 13.1. The fraction of sp³-hybridized carbons (Fsp3) is 0.0769. The molecule has 1 atom stereocenters. The number of rotatable bonds is 3. The number of aliphatic hydroxyl groups excluding tert-OH is 1. The van der Waals surface area contributed by atoms with Gasteiger partial charge in [-0.1, -0.05) is 12.1 Å². The van der Waals surface area contributed by atoms with Gasteiger partial charge in [-0.2, -0.15) is 0 Å². The Bertz CT molecular complexity index is 572. The lowest BCUT2D eigenvalue weighted by molar-refractivity contribution is -0.146. The predicted octanol–water partition coefficient (Wildman–Crippen LogP) is 2.01. The first kappa shape index (κ1) is 12.2. The molecule has 1 heterocycles. The van der Waals surface area contributed by atoms with Gasteiger partial charge in [0.1, 0.15) is 5.82 Å². The fourth-order valence-electron chi connectivity index (χ4n) is 1.72. The molecule has 0 aliphatic rings. The summed E-state index contributed by atoms with van der Waals surface area (Å²) >= 11 is 0. The average molecular weight is 247 g/mol. The van der Waals surface area contributed by atoms with Crippen molar-refractivity contribution in [1.29, 1.82) is 0 Å². The van der Waals surface area contributed by atoms with Crippen LogP contribution in [0.5, 0.6) is 0 Å². The Morgan fingerprint density at radius 3 is 2.50 bits per heavy atom. The van der Waals surface area contributed by atoms with Gasteiger partial charge in [0, 0.05) is 23.5 Å². The van der Waals surface area contributed by atoms with Crippen molar-refractivity contribution in [3.8, 4) is 11.1 Å². The first-order chi connectivity index (χ1) is 8.61. The van der Waals surface area contributed by atoms with Gasteiger partial charge in [0.25, 0.3) is 0 Å². The second kappa shape index (κ2) is 4.93. The largest absolute Gasteiger partial charge is 0.479 e. The van der Waals surface area contributed by atoms with Gasteiger partial charge in [0.15, 0.2) is 6.10 Å². The van der Waals surface area contributed by atoms with Crippen molar-refractivity contribution in [3.05, 3.63) is 54.1 Å². The highest BCUT2D eigenvalue weighted by atomic mass is 19.1. The Morgan fingerprint density at radius 2 is 1.89 bits per heavy atom. The quantitative estimate of drug-likeness (QED) is 0.870. The third-order valence-corrected chi connectivity index (χ3v) is 2.54. The van der Waals surface area contributed by atoms with E-state index in [1.807, 2.05) is 0 Å². The maximum Gasteiger partial charge on any atom is 0.337 e. The van der Waals surface area contributed by atoms with Crippen LogP contribution < -0.4 is 0 Å². The van der Waals surface area contributed by atoms with E-state index in [1.165, 1.54) is 30.6 Å². The zero-order valence-electron chi connectivity index (χ0n) is 9.25. The maximum atomic E-state index is 13.8. The standard InChI is InChI=1S/C13H10FNO3/c14-10-3-1-2-9(12(16)13(17)18)11(10)8-4-6-15-7-5-8/h1-7,12,16H,(H,17,18). The van der Waals surface area contributed by atoms with E-state index < -0.39 is 17.9 Å². The first-order valence-electron chi connectivity index (χ1n) is 5.21. The molecular weight excluding hydrogens is 237 g/mol. The van der Waals surface area contributed by atoms with Crippen LogP contribution in [0.2, 0.25) is 0 Å². The van der Waals surface area contributed by atoms with E-state index in [0.29, 0.717) is 5.56 Å². The van der Waals surface area contributed by atoms with Crippen LogP contribution in [0.25, 0.3) is 11.1 Å². The molecule has 0 fully saturated rings. The van der Waals surface area contributed by atoms with Crippen LogP contribution in [-0.2, 0) is 4.79 Å². The SMILES string of the molecule is O=C(O)C(O)c1cccc(F)c1-c1ccncc1. The van der Waals surface area contributed by atoms with E-state index in [-0.39, 0.29) is 11.1 Å². The Hall–Kier alpha value is -2.27. The number of pyridine rings is 1. The van der Waals surface area contributed by atoms with Gasteiger partial charge in [-0.25, -0.2) is 9.18 Å². The summed E-state index contributed by atoms with van der Waals surface area (Å²) in [5, 5.41) is 18.4. The van der Waals surface area contributed by atoms with Gasteiger partial charge in [0.2, 0.25) is 0 Å². The summed E-state index contributed by atoms with van der Waals surface area (Å²) in [7, 11) is 0. The number of hydrogen-bond acceptors (Lipinski definition) is 3. The molecule has 2 aromatic rings. The number of nitrogens with zero attached hydrogens (tertiary/aromatic N) is 1. The van der Waals surface area contributed by atoms with Crippen molar-refractivity contribution in [1.82, 2.24) is 4.98 Å². The summed E-state index contributed by atoms with van der Waals surface area (Å²) in [5.41, 5.74) is 0.571. The van der Waals surface area contributed by atoms with Crippen molar-refractivity contribution >= 4 is 5.97 Å². The zero-order valence-corrected chi connectivity index (χ0v) is 9.25. The smallest absolute Gasteiger partial charge is 0.337 e. The Kier molecular flexibility index (Phi) is 3.34. The van der Waals surface area contributed by atoms with Gasteiger partial charge in [0.05, 0.1) is 0 Å². The van der Waals surface area contributed by atoms with Crippen LogP contribution in [0.1, 0.15) is 11.7 Å². The van der Waals surface area contributed by atoms with Crippen molar-refractivity contribution in [2.75, 3.05) is 0 Å². The molecule has 5 heteroatoms. The summed E-state index contributed by atoms with van der Waals surface area (Å²) in [6, 6.07) is 7.07. The van der Waals surface area contributed by atoms with E-state index in [1.54, 1.807) is 12.1 Å². The van der Waals surface area contributed by atoms with Crippen LogP contribution in [0.4, 0.5) is 4.39 Å². The highest BCUT2D eigenvalue weighted by Gasteiger charge is 2.22. The van der Waals surface area contributed by atoms with E-state index in [4.69, 9.17) is 5.11 Å². The van der Waals surface area contributed by atoms with Gasteiger partial charge in [-0.15, -0.1) is 0 Å². The molecule has 1 unspecified atom stereocenters. The van der Waals surface area contributed by atoms with Gasteiger partial charge in [-0.05, 0) is 23.8 Å². The van der Waals surface area contributed by atoms with Crippen LogP contribution in [0.15, 0.2) is 42.7 Å². The molecule has 1 aromatic heterocycles. The average Bonchev–Trinajstić information content (AvgIpc) is 2.38. The van der Waals surface area contributed by atoms with E-state index >= 15 is 0 Å². The van der Waals surface area contributed by atoms with Crippen LogP contribution in [0, 0.1) is 5.82 Å². The third-order valence-electron chi connectivity index (χ3n) is 2.54. The minimum Gasteiger partial charge on any atom is -0.479 e. The number of aliphatic hydroxyl groups is 1. The Balaban J connectivity index is 2.62. The van der Waals surface area contributed by atoms with Gasteiger partial charge in [-0.3, -0.25) is 4.98 Å². The molecule has 18 heavy (non-hydrogen) atoms. The number of carboxylic acid groups (broad SMARTS) is 1. The monoisotopic (exact) mass is 247 g/mol. The Morgan fingerprint density at radius 1 is 1.22 bits per heavy atom. The molecule has 0 amide bonds. The molecule has 0 saturated heterocycles. The molecule has 0 saturated carbocycles. The summed E-state index contributed by atoms with van der Waals surface area (Å²) < 4.78 is 13.8. The number of benzene rings is 1. The Labute approximate surface area is 102 Å². The second-order valence-electron chi connectivity index (χ2n) is 3.68. The van der Waals surface area contributed by atoms with Crippen molar-refractivity contribution in [3.63, 3.8) is 0 Å². The molecule has 4 nitrogen and oxygen atoms in total. The van der Waals surface area contributed by atoms with Crippen molar-refractivity contribution in [2.45, 2.75) is 6.10 Å². The number of halogens is 1. The molecule has 0 bridgehead atoms. The van der Waals surface area contributed by atoms with Crippen LogP contribution in [-0.4, -0.2) is 21.2 Å². The maximum absolute atomic E-state index is 13.8. The molecular formula is C13H10FNO3. The molecule has 2 rings (SSSR count). The fourth-order valence-corrected chi connectivity index (χ4v) is 1.72. The molecule has 92 valence electrons. The van der Waals surface area contributed by atoms with Crippen LogP contribution in [0.3, 0.4) is 0 Å². The van der Waals surface area contributed by atoms with Crippen molar-refractivity contribution < 1.29 is 19.4 Å². The minimum absolute atomic E-state index is 0.0219. The number of aliphatic carboxylic acids is 1. The molecule has 2 N–H and O–H groups in total. The van der Waals surface area contributed by atoms with Gasteiger partial charge >= 0.3 is 5.97 Å². The summed E-state index contributed by atoms with van der Waals surface area (Å²) in [6.45, 7) is 0. The topological polar surface area (TPSA) is 70.4 Å². The van der Waals surface area contributed by atoms with Gasteiger partial charge < -0.3 is 10.2 Å². The molecule has 0 aliphatic heterocycles. The minimum atomic E-state index is -1.76. The highest BCUT2D eigenvalue weighted by molar-refractivity contribution is 5.79. The summed E-state index contributed by atoms with van der Waals surface area (Å²) in [4.78, 5) is 14.6. The highest BCUT2D eigenvalue weighted by Crippen LogP contribution is 2.30. The molecule has 0 aliphatic carbocycles. The van der Waals surface area contributed by atoms with Crippen molar-refractivity contribution in [2.24, 2.45) is 0 Å². The number of hydrogen-bond donors (Lipinski definition) is 2.